The fraction of sp³-hybridized carbons (Fsp3) is 0.455. The Hall–Kier alpha value is -1.07. The second-order valence-electron chi connectivity index (χ2n) is 3.97. The van der Waals surface area contributed by atoms with Gasteiger partial charge in [-0.1, -0.05) is 17.7 Å². The third-order valence-electron chi connectivity index (χ3n) is 2.69. The molecule has 1 aromatic carbocycles. The summed E-state index contributed by atoms with van der Waals surface area (Å²) >= 11 is 0. The Balaban J connectivity index is 2.33. The molecule has 0 atom stereocenters. The summed E-state index contributed by atoms with van der Waals surface area (Å²) in [6, 6.07) is 7.59. The molecule has 1 saturated heterocycles. The van der Waals surface area contributed by atoms with E-state index in [9.17, 15) is 8.42 Å². The van der Waals surface area contributed by atoms with E-state index < -0.39 is 10.0 Å². The van der Waals surface area contributed by atoms with Crippen molar-refractivity contribution in [2.45, 2.75) is 6.92 Å². The van der Waals surface area contributed by atoms with Crippen LogP contribution in [0.4, 0.5) is 5.69 Å². The number of nitrogens with zero attached hydrogens (tertiary/aromatic N) is 1. The summed E-state index contributed by atoms with van der Waals surface area (Å²) in [6.45, 7) is 3.73. The maximum absolute atomic E-state index is 12.0. The maximum Gasteiger partial charge on any atom is 0.236 e. The summed E-state index contributed by atoms with van der Waals surface area (Å²) in [4.78, 5) is 0. The molecular formula is C11H16N2O2S. The Morgan fingerprint density at radius 1 is 1.19 bits per heavy atom. The van der Waals surface area contributed by atoms with Crippen LogP contribution in [0.5, 0.6) is 0 Å². The first-order valence-corrected chi connectivity index (χ1v) is 6.98. The van der Waals surface area contributed by atoms with E-state index in [-0.39, 0.29) is 5.75 Å². The molecule has 5 heteroatoms. The van der Waals surface area contributed by atoms with Gasteiger partial charge in [-0.3, -0.25) is 4.31 Å². The molecule has 0 aromatic heterocycles. The molecule has 1 aromatic rings. The number of aryl methyl sites for hydroxylation is 1. The van der Waals surface area contributed by atoms with Crippen LogP contribution in [0.3, 0.4) is 0 Å². The topological polar surface area (TPSA) is 49.4 Å². The van der Waals surface area contributed by atoms with Gasteiger partial charge in [0.2, 0.25) is 10.0 Å². The van der Waals surface area contributed by atoms with Gasteiger partial charge in [0.15, 0.2) is 0 Å². The number of benzene rings is 1. The molecule has 1 heterocycles. The first-order valence-electron chi connectivity index (χ1n) is 5.37. The minimum atomic E-state index is -3.16. The van der Waals surface area contributed by atoms with E-state index in [1.165, 1.54) is 4.31 Å². The summed E-state index contributed by atoms with van der Waals surface area (Å²) in [7, 11) is -3.16. The lowest BCUT2D eigenvalue weighted by molar-refractivity contribution is 0.594. The molecule has 0 aliphatic carbocycles. The van der Waals surface area contributed by atoms with Gasteiger partial charge in [0.05, 0.1) is 11.4 Å². The first-order chi connectivity index (χ1) is 7.59. The Kier molecular flexibility index (Phi) is 3.16. The third-order valence-corrected chi connectivity index (χ3v) is 4.47. The van der Waals surface area contributed by atoms with Crippen LogP contribution in [0.15, 0.2) is 24.3 Å². The summed E-state index contributed by atoms with van der Waals surface area (Å²) in [5, 5.41) is 3.09. The minimum absolute atomic E-state index is 0.168. The number of anilines is 1. The van der Waals surface area contributed by atoms with E-state index in [1.54, 1.807) is 0 Å². The van der Waals surface area contributed by atoms with Crippen LogP contribution >= 0.6 is 0 Å². The maximum atomic E-state index is 12.0. The molecule has 0 saturated carbocycles. The quantitative estimate of drug-likeness (QED) is 0.787. The van der Waals surface area contributed by atoms with Crippen molar-refractivity contribution < 1.29 is 8.42 Å². The van der Waals surface area contributed by atoms with Gasteiger partial charge in [-0.2, -0.15) is 0 Å². The van der Waals surface area contributed by atoms with E-state index in [0.29, 0.717) is 19.6 Å². The Morgan fingerprint density at radius 2 is 1.88 bits per heavy atom. The van der Waals surface area contributed by atoms with Gasteiger partial charge >= 0.3 is 0 Å². The lowest BCUT2D eigenvalue weighted by Gasteiger charge is -2.21. The monoisotopic (exact) mass is 240 g/mol. The normalized spacial score (nSPS) is 20.4. The molecule has 16 heavy (non-hydrogen) atoms. The number of sulfonamides is 1. The molecule has 1 N–H and O–H groups in total. The summed E-state index contributed by atoms with van der Waals surface area (Å²) in [5.41, 5.74) is 1.89. The molecular weight excluding hydrogens is 224 g/mol. The van der Waals surface area contributed by atoms with Crippen LogP contribution in [0, 0.1) is 6.92 Å². The number of hydrogen-bond donors (Lipinski definition) is 1. The van der Waals surface area contributed by atoms with Crippen LogP contribution < -0.4 is 9.62 Å². The zero-order valence-corrected chi connectivity index (χ0v) is 10.1. The lowest BCUT2D eigenvalue weighted by Crippen LogP contribution is -2.33. The van der Waals surface area contributed by atoms with Crippen LogP contribution in [-0.4, -0.2) is 33.8 Å². The van der Waals surface area contributed by atoms with Crippen LogP contribution in [0.25, 0.3) is 0 Å². The standard InChI is InChI=1S/C11H16N2O2S/c1-10-2-4-11(5-3-10)13-8-6-12-7-9-16(13,14)15/h2-5,12H,6-9H2,1H3. The molecule has 0 bridgehead atoms. The van der Waals surface area contributed by atoms with E-state index in [4.69, 9.17) is 0 Å². The first kappa shape index (κ1) is 11.4. The number of hydrogen-bond acceptors (Lipinski definition) is 3. The van der Waals surface area contributed by atoms with Crippen molar-refractivity contribution in [1.82, 2.24) is 5.32 Å². The second-order valence-corrected chi connectivity index (χ2v) is 5.99. The van der Waals surface area contributed by atoms with Crippen molar-refractivity contribution >= 4 is 15.7 Å². The highest BCUT2D eigenvalue weighted by Crippen LogP contribution is 2.19. The van der Waals surface area contributed by atoms with E-state index >= 15 is 0 Å². The van der Waals surface area contributed by atoms with Gasteiger partial charge in [-0.15, -0.1) is 0 Å². The van der Waals surface area contributed by atoms with Crippen molar-refractivity contribution in [1.29, 1.82) is 0 Å². The molecule has 1 fully saturated rings. The molecule has 2 rings (SSSR count). The van der Waals surface area contributed by atoms with Gasteiger partial charge in [-0.25, -0.2) is 8.42 Å². The van der Waals surface area contributed by atoms with Crippen LogP contribution in [0.2, 0.25) is 0 Å². The number of nitrogens with one attached hydrogen (secondary N) is 1. The van der Waals surface area contributed by atoms with Crippen LogP contribution in [-0.2, 0) is 10.0 Å². The van der Waals surface area contributed by atoms with Gasteiger partial charge in [0, 0.05) is 19.6 Å². The largest absolute Gasteiger partial charge is 0.314 e. The number of rotatable bonds is 1. The van der Waals surface area contributed by atoms with Gasteiger partial charge < -0.3 is 5.32 Å². The summed E-state index contributed by atoms with van der Waals surface area (Å²) < 4.78 is 25.4. The van der Waals surface area contributed by atoms with Gasteiger partial charge in [-0.05, 0) is 19.1 Å². The van der Waals surface area contributed by atoms with Crippen molar-refractivity contribution in [2.75, 3.05) is 29.7 Å². The highest BCUT2D eigenvalue weighted by atomic mass is 32.2. The van der Waals surface area contributed by atoms with Gasteiger partial charge in [0.1, 0.15) is 0 Å². The molecule has 1 aliphatic rings. The van der Waals surface area contributed by atoms with E-state index in [1.807, 2.05) is 31.2 Å². The average molecular weight is 240 g/mol. The van der Waals surface area contributed by atoms with Crippen molar-refractivity contribution in [3.63, 3.8) is 0 Å². The second kappa shape index (κ2) is 4.43. The average Bonchev–Trinajstić information content (AvgIpc) is 2.41. The highest BCUT2D eigenvalue weighted by Gasteiger charge is 2.23. The highest BCUT2D eigenvalue weighted by molar-refractivity contribution is 7.92. The summed E-state index contributed by atoms with van der Waals surface area (Å²) in [5.74, 6) is 0.168. The fourth-order valence-corrected chi connectivity index (χ4v) is 3.19. The molecule has 0 spiro atoms. The van der Waals surface area contributed by atoms with Crippen molar-refractivity contribution in [2.24, 2.45) is 0 Å². The lowest BCUT2D eigenvalue weighted by atomic mass is 10.2. The Morgan fingerprint density at radius 3 is 2.56 bits per heavy atom. The SMILES string of the molecule is Cc1ccc(N2CCNCCS2(=O)=O)cc1. The molecule has 1 aliphatic heterocycles. The van der Waals surface area contributed by atoms with Crippen LogP contribution in [0.1, 0.15) is 5.56 Å². The minimum Gasteiger partial charge on any atom is -0.314 e. The zero-order valence-electron chi connectivity index (χ0n) is 9.31. The Bertz CT molecular complexity index is 453. The third kappa shape index (κ3) is 2.36. The van der Waals surface area contributed by atoms with E-state index in [0.717, 1.165) is 11.3 Å². The van der Waals surface area contributed by atoms with E-state index in [2.05, 4.69) is 5.32 Å². The van der Waals surface area contributed by atoms with Crippen molar-refractivity contribution in [3.8, 4) is 0 Å². The van der Waals surface area contributed by atoms with Gasteiger partial charge in [0.25, 0.3) is 0 Å². The molecule has 0 amide bonds. The smallest absolute Gasteiger partial charge is 0.236 e. The molecule has 4 nitrogen and oxygen atoms in total. The van der Waals surface area contributed by atoms with Crippen molar-refractivity contribution in [3.05, 3.63) is 29.8 Å². The zero-order chi connectivity index (χ0) is 11.6. The fourth-order valence-electron chi connectivity index (χ4n) is 1.76. The predicted octanol–water partition coefficient (Wildman–Crippen LogP) is 0.734. The predicted molar refractivity (Wildman–Crippen MR) is 65.2 cm³/mol. The Labute approximate surface area is 96.3 Å². The molecule has 0 unspecified atom stereocenters. The molecule has 0 radical (unpaired) electrons. The molecule has 88 valence electrons. The summed E-state index contributed by atoms with van der Waals surface area (Å²) in [6.07, 6.45) is 0.